The summed E-state index contributed by atoms with van der Waals surface area (Å²) >= 11 is 12.2. The van der Waals surface area contributed by atoms with Crippen LogP contribution in [0.4, 0.5) is 5.82 Å². The maximum Gasteiger partial charge on any atom is 0.305 e. The summed E-state index contributed by atoms with van der Waals surface area (Å²) < 4.78 is 6.59. The molecule has 0 saturated heterocycles. The third-order valence-corrected chi connectivity index (χ3v) is 4.41. The van der Waals surface area contributed by atoms with Crippen molar-refractivity contribution in [2.45, 2.75) is 19.4 Å². The maximum atomic E-state index is 11.5. The Morgan fingerprint density at radius 1 is 1.27 bits per heavy atom. The zero-order valence-corrected chi connectivity index (χ0v) is 15.8. The van der Waals surface area contributed by atoms with Crippen molar-refractivity contribution in [2.24, 2.45) is 0 Å². The van der Waals surface area contributed by atoms with Crippen LogP contribution in [0.5, 0.6) is 0 Å². The number of methoxy groups -OCH3 is 1. The fourth-order valence-electron chi connectivity index (χ4n) is 2.72. The van der Waals surface area contributed by atoms with Gasteiger partial charge in [-0.05, 0) is 41.3 Å². The number of aromatic nitrogens is 4. The number of hydrogen-bond acceptors (Lipinski definition) is 6. The van der Waals surface area contributed by atoms with Gasteiger partial charge in [-0.25, -0.2) is 4.98 Å². The summed E-state index contributed by atoms with van der Waals surface area (Å²) in [6.45, 7) is 0.490. The molecule has 0 radical (unpaired) electrons. The first-order chi connectivity index (χ1) is 12.5. The van der Waals surface area contributed by atoms with Crippen LogP contribution >= 0.6 is 23.2 Å². The van der Waals surface area contributed by atoms with Crippen molar-refractivity contribution in [1.29, 1.82) is 0 Å². The Labute approximate surface area is 160 Å². The number of halogens is 2. The molecule has 0 saturated carbocycles. The van der Waals surface area contributed by atoms with Crippen LogP contribution in [0.3, 0.4) is 0 Å². The average molecular weight is 394 g/mol. The number of imidazole rings is 1. The van der Waals surface area contributed by atoms with Crippen molar-refractivity contribution in [3.63, 3.8) is 0 Å². The molecule has 0 aliphatic rings. The van der Waals surface area contributed by atoms with Gasteiger partial charge in [0, 0.05) is 18.5 Å². The van der Waals surface area contributed by atoms with Gasteiger partial charge in [-0.15, -0.1) is 0 Å². The van der Waals surface area contributed by atoms with Crippen molar-refractivity contribution in [2.75, 3.05) is 19.5 Å². The number of nitrogens with one attached hydrogen (secondary N) is 1. The number of esters is 1. The van der Waals surface area contributed by atoms with E-state index in [9.17, 15) is 4.79 Å². The van der Waals surface area contributed by atoms with Crippen LogP contribution in [0.15, 0.2) is 24.5 Å². The van der Waals surface area contributed by atoms with E-state index in [2.05, 4.69) is 20.3 Å². The molecule has 2 aromatic heterocycles. The number of hydrogen-bond donors (Lipinski definition) is 1. The molecule has 9 heteroatoms. The number of carbonyl (C=O) groups excluding carboxylic acids is 1. The summed E-state index contributed by atoms with van der Waals surface area (Å²) in [6.07, 6.45) is 2.54. The van der Waals surface area contributed by atoms with Gasteiger partial charge < -0.3 is 14.6 Å². The van der Waals surface area contributed by atoms with Crippen LogP contribution < -0.4 is 5.32 Å². The molecule has 0 spiro atoms. The molecule has 7 nitrogen and oxygen atoms in total. The van der Waals surface area contributed by atoms with Gasteiger partial charge in [-0.2, -0.15) is 9.97 Å². The number of anilines is 1. The van der Waals surface area contributed by atoms with Gasteiger partial charge in [-0.1, -0.05) is 17.7 Å². The van der Waals surface area contributed by atoms with Crippen LogP contribution in [-0.2, 0) is 22.5 Å². The van der Waals surface area contributed by atoms with Gasteiger partial charge in [0.2, 0.25) is 5.28 Å². The van der Waals surface area contributed by atoms with E-state index >= 15 is 0 Å². The van der Waals surface area contributed by atoms with Gasteiger partial charge in [-0.3, -0.25) is 4.79 Å². The monoisotopic (exact) mass is 393 g/mol. The number of benzene rings is 1. The van der Waals surface area contributed by atoms with Crippen LogP contribution in [0.25, 0.3) is 11.2 Å². The molecule has 0 bridgehead atoms. The second kappa shape index (κ2) is 7.88. The first-order valence-electron chi connectivity index (χ1n) is 7.92. The van der Waals surface area contributed by atoms with Gasteiger partial charge in [0.05, 0.1) is 20.0 Å². The van der Waals surface area contributed by atoms with E-state index in [4.69, 9.17) is 27.9 Å². The predicted octanol–water partition coefficient (Wildman–Crippen LogP) is 3.33. The molecule has 2 heterocycles. The molecule has 1 aromatic carbocycles. The lowest BCUT2D eigenvalue weighted by atomic mass is 10.0. The summed E-state index contributed by atoms with van der Waals surface area (Å²) in [5.74, 6) is 0.313. The number of nitrogens with zero attached hydrogens (tertiary/aromatic N) is 4. The predicted molar refractivity (Wildman–Crippen MR) is 101 cm³/mol. The van der Waals surface area contributed by atoms with E-state index in [-0.39, 0.29) is 11.3 Å². The average Bonchev–Trinajstić information content (AvgIpc) is 3.02. The second-order valence-corrected chi connectivity index (χ2v) is 6.40. The molecule has 26 heavy (non-hydrogen) atoms. The summed E-state index contributed by atoms with van der Waals surface area (Å²) in [5, 5.41) is 3.72. The van der Waals surface area contributed by atoms with E-state index in [1.54, 1.807) is 13.4 Å². The van der Waals surface area contributed by atoms with E-state index in [1.165, 1.54) is 7.11 Å². The number of ether oxygens (including phenoxy) is 1. The molecule has 136 valence electrons. The van der Waals surface area contributed by atoms with Crippen molar-refractivity contribution in [1.82, 2.24) is 19.5 Å². The first-order valence-corrected chi connectivity index (χ1v) is 8.67. The molecule has 3 rings (SSSR count). The fourth-order valence-corrected chi connectivity index (χ4v) is 3.07. The lowest BCUT2D eigenvalue weighted by Gasteiger charge is -2.11. The molecule has 0 fully saturated rings. The lowest BCUT2D eigenvalue weighted by Crippen LogP contribution is -2.07. The van der Waals surface area contributed by atoms with E-state index in [0.29, 0.717) is 41.4 Å². The minimum atomic E-state index is -0.253. The molecule has 3 aromatic rings. The van der Waals surface area contributed by atoms with E-state index < -0.39 is 0 Å². The molecule has 0 atom stereocenters. The Balaban J connectivity index is 1.96. The third-order valence-electron chi connectivity index (χ3n) is 4.01. The van der Waals surface area contributed by atoms with Gasteiger partial charge in [0.15, 0.2) is 17.0 Å². The molecule has 0 amide bonds. The molecular formula is C17H17Cl2N5O2. The smallest absolute Gasteiger partial charge is 0.305 e. The summed E-state index contributed by atoms with van der Waals surface area (Å²) in [5.41, 5.74) is 3.24. The first kappa shape index (κ1) is 18.4. The summed E-state index contributed by atoms with van der Waals surface area (Å²) in [6, 6.07) is 5.60. The van der Waals surface area contributed by atoms with Crippen molar-refractivity contribution in [3.8, 4) is 0 Å². The Bertz CT molecular complexity index is 958. The topological polar surface area (TPSA) is 81.9 Å². The highest BCUT2D eigenvalue weighted by atomic mass is 35.5. The molecule has 1 N–H and O–H groups in total. The van der Waals surface area contributed by atoms with Gasteiger partial charge in [0.1, 0.15) is 0 Å². The van der Waals surface area contributed by atoms with Crippen LogP contribution in [0.2, 0.25) is 10.3 Å². The maximum absolute atomic E-state index is 11.5. The highest BCUT2D eigenvalue weighted by molar-refractivity contribution is 6.30. The number of fused-ring (bicyclic) bond motifs is 1. The number of rotatable bonds is 6. The van der Waals surface area contributed by atoms with Gasteiger partial charge >= 0.3 is 5.97 Å². The van der Waals surface area contributed by atoms with Crippen molar-refractivity contribution < 1.29 is 9.53 Å². The zero-order chi connectivity index (χ0) is 18.7. The fraction of sp³-hybridized carbons (Fsp3) is 0.294. The van der Waals surface area contributed by atoms with Crippen LogP contribution in [0, 0.1) is 0 Å². The lowest BCUT2D eigenvalue weighted by molar-refractivity contribution is -0.140. The largest absolute Gasteiger partial charge is 0.469 e. The Morgan fingerprint density at radius 2 is 2.08 bits per heavy atom. The number of aryl methyl sites for hydroxylation is 1. The Hall–Kier alpha value is -2.38. The van der Waals surface area contributed by atoms with Crippen molar-refractivity contribution in [3.05, 3.63) is 46.0 Å². The van der Waals surface area contributed by atoms with Crippen LogP contribution in [0.1, 0.15) is 17.5 Å². The quantitative estimate of drug-likeness (QED) is 0.510. The minimum Gasteiger partial charge on any atom is -0.469 e. The van der Waals surface area contributed by atoms with Gasteiger partial charge in [0.25, 0.3) is 0 Å². The second-order valence-electron chi connectivity index (χ2n) is 5.63. The SMILES string of the molecule is CNc1nc(Cl)nc2c1ncn2Cc1cc(Cl)ccc1CCC(=O)OC. The molecule has 0 unspecified atom stereocenters. The highest BCUT2D eigenvalue weighted by Crippen LogP contribution is 2.24. The minimum absolute atomic E-state index is 0.139. The van der Waals surface area contributed by atoms with Crippen molar-refractivity contribution >= 4 is 46.2 Å². The van der Waals surface area contributed by atoms with Crippen LogP contribution in [-0.4, -0.2) is 39.6 Å². The number of carbonyl (C=O) groups is 1. The standard InChI is InChI=1S/C17H17Cl2N5O2/c1-20-15-14-16(23-17(19)22-15)24(9-21-14)8-11-7-12(18)5-3-10(11)4-6-13(25)26-2/h3,5,7,9H,4,6,8H2,1-2H3,(H,20,22,23). The molecule has 0 aliphatic carbocycles. The Morgan fingerprint density at radius 3 is 2.81 bits per heavy atom. The third kappa shape index (κ3) is 3.89. The summed E-state index contributed by atoms with van der Waals surface area (Å²) in [4.78, 5) is 24.2. The molecule has 0 aliphatic heterocycles. The molecular weight excluding hydrogens is 377 g/mol. The Kier molecular flexibility index (Phi) is 5.58. The normalized spacial score (nSPS) is 10.9. The van der Waals surface area contributed by atoms with E-state index in [0.717, 1.165) is 11.1 Å². The highest BCUT2D eigenvalue weighted by Gasteiger charge is 2.14. The van der Waals surface area contributed by atoms with E-state index in [1.807, 2.05) is 22.8 Å². The zero-order valence-electron chi connectivity index (χ0n) is 14.3. The summed E-state index contributed by atoms with van der Waals surface area (Å²) in [7, 11) is 3.13.